The lowest BCUT2D eigenvalue weighted by atomic mass is 9.95. The Balaban J connectivity index is 2.00. The molecule has 0 saturated carbocycles. The third kappa shape index (κ3) is 3.98. The predicted molar refractivity (Wildman–Crippen MR) is 75.6 cm³/mol. The maximum absolute atomic E-state index is 14.7. The summed E-state index contributed by atoms with van der Waals surface area (Å²) in [5, 5.41) is 2.52. The van der Waals surface area contributed by atoms with Crippen LogP contribution in [-0.2, 0) is 21.4 Å². The van der Waals surface area contributed by atoms with Crippen molar-refractivity contribution in [3.05, 3.63) is 30.1 Å². The molecule has 1 amide bonds. The maximum atomic E-state index is 14.7. The van der Waals surface area contributed by atoms with Crippen LogP contribution in [0, 0.1) is 0 Å². The van der Waals surface area contributed by atoms with Crippen LogP contribution >= 0.6 is 0 Å². The molecule has 1 saturated heterocycles. The number of amides is 1. The second kappa shape index (κ2) is 6.07. The third-order valence-corrected chi connectivity index (χ3v) is 4.74. The molecule has 0 spiro atoms. The first-order chi connectivity index (χ1) is 9.81. The van der Waals surface area contributed by atoms with Gasteiger partial charge in [-0.05, 0) is 30.5 Å². The second-order valence-corrected chi connectivity index (χ2v) is 7.19. The third-order valence-electron chi connectivity index (χ3n) is 3.49. The summed E-state index contributed by atoms with van der Waals surface area (Å²) in [6, 6.07) is 3.43. The van der Waals surface area contributed by atoms with Crippen LogP contribution in [0.25, 0.3) is 0 Å². The molecule has 8 heteroatoms. The molecule has 116 valence electrons. The average Bonchev–Trinajstić information content (AvgIpc) is 2.45. The highest BCUT2D eigenvalue weighted by Crippen LogP contribution is 2.27. The van der Waals surface area contributed by atoms with E-state index in [1.54, 1.807) is 24.5 Å². The molecule has 21 heavy (non-hydrogen) atoms. The zero-order valence-electron chi connectivity index (χ0n) is 11.8. The Labute approximate surface area is 123 Å². The molecule has 0 aliphatic carbocycles. The van der Waals surface area contributed by atoms with Crippen molar-refractivity contribution in [3.8, 4) is 0 Å². The van der Waals surface area contributed by atoms with Crippen molar-refractivity contribution in [1.29, 1.82) is 0 Å². The number of rotatable bonds is 4. The summed E-state index contributed by atoms with van der Waals surface area (Å²) in [5.41, 5.74) is -1.37. The molecule has 1 N–H and O–H groups in total. The lowest BCUT2D eigenvalue weighted by Crippen LogP contribution is -2.55. The lowest BCUT2D eigenvalue weighted by molar-refractivity contribution is -0.135. The molecule has 0 aromatic carbocycles. The van der Waals surface area contributed by atoms with E-state index in [9.17, 15) is 17.6 Å². The van der Waals surface area contributed by atoms with Crippen molar-refractivity contribution >= 4 is 15.9 Å². The van der Waals surface area contributed by atoms with E-state index >= 15 is 0 Å². The van der Waals surface area contributed by atoms with Crippen LogP contribution in [0.1, 0.15) is 18.4 Å². The Morgan fingerprint density at radius 1 is 1.48 bits per heavy atom. The number of sulfonamides is 1. The van der Waals surface area contributed by atoms with E-state index in [4.69, 9.17) is 0 Å². The topological polar surface area (TPSA) is 79.4 Å². The summed E-state index contributed by atoms with van der Waals surface area (Å²) in [6.45, 7) is 0.0159. The Kier molecular flexibility index (Phi) is 4.58. The summed E-state index contributed by atoms with van der Waals surface area (Å²) in [7, 11) is -3.49. The van der Waals surface area contributed by atoms with Crippen molar-refractivity contribution < 1.29 is 17.6 Å². The fourth-order valence-corrected chi connectivity index (χ4v) is 3.18. The van der Waals surface area contributed by atoms with Gasteiger partial charge in [-0.25, -0.2) is 12.8 Å². The highest BCUT2D eigenvalue weighted by molar-refractivity contribution is 7.88. The SMILES string of the molecule is CS(=O)(=O)N1CCCC(F)(C(=O)NCc2ccncc2)C1. The van der Waals surface area contributed by atoms with Gasteiger partial charge in [-0.3, -0.25) is 9.78 Å². The molecule has 1 unspecified atom stereocenters. The van der Waals surface area contributed by atoms with Crippen LogP contribution in [0.15, 0.2) is 24.5 Å². The Morgan fingerprint density at radius 2 is 2.14 bits per heavy atom. The summed E-state index contributed by atoms with van der Waals surface area (Å²) in [6.07, 6.45) is 4.54. The summed E-state index contributed by atoms with van der Waals surface area (Å²) in [5.74, 6) is -0.771. The number of carbonyl (C=O) groups excluding carboxylic acids is 1. The molecule has 1 fully saturated rings. The maximum Gasteiger partial charge on any atom is 0.259 e. The fraction of sp³-hybridized carbons (Fsp3) is 0.538. The van der Waals surface area contributed by atoms with Crippen molar-refractivity contribution in [1.82, 2.24) is 14.6 Å². The van der Waals surface area contributed by atoms with Crippen LogP contribution in [0.5, 0.6) is 0 Å². The van der Waals surface area contributed by atoms with Gasteiger partial charge in [-0.15, -0.1) is 0 Å². The Bertz CT molecular complexity index is 608. The predicted octanol–water partition coefficient (Wildman–Crippen LogP) is 0.461. The van der Waals surface area contributed by atoms with Crippen LogP contribution in [-0.4, -0.2) is 48.6 Å². The normalized spacial score (nSPS) is 23.7. The zero-order valence-corrected chi connectivity index (χ0v) is 12.6. The van der Waals surface area contributed by atoms with E-state index in [1.165, 1.54) is 0 Å². The molecule has 6 nitrogen and oxygen atoms in total. The zero-order chi connectivity index (χ0) is 15.5. The van der Waals surface area contributed by atoms with Gasteiger partial charge < -0.3 is 5.32 Å². The number of piperidine rings is 1. The molecule has 1 aromatic heterocycles. The first-order valence-electron chi connectivity index (χ1n) is 6.62. The molecule has 2 heterocycles. The first kappa shape index (κ1) is 15.8. The van der Waals surface area contributed by atoms with Gasteiger partial charge in [0, 0.05) is 25.5 Å². The van der Waals surface area contributed by atoms with E-state index in [0.29, 0.717) is 6.42 Å². The van der Waals surface area contributed by atoms with E-state index in [1.807, 2.05) is 0 Å². The van der Waals surface area contributed by atoms with Crippen molar-refractivity contribution in [2.45, 2.75) is 25.1 Å². The molecule has 1 atom stereocenters. The highest BCUT2D eigenvalue weighted by atomic mass is 32.2. The number of nitrogens with zero attached hydrogens (tertiary/aromatic N) is 2. The number of carbonyl (C=O) groups is 1. The van der Waals surface area contributed by atoms with Crippen molar-refractivity contribution in [2.75, 3.05) is 19.3 Å². The number of alkyl halides is 1. The Morgan fingerprint density at radius 3 is 2.76 bits per heavy atom. The quantitative estimate of drug-likeness (QED) is 0.875. The minimum atomic E-state index is -3.49. The first-order valence-corrected chi connectivity index (χ1v) is 8.47. The molecule has 1 aromatic rings. The number of hydrogen-bond acceptors (Lipinski definition) is 4. The molecule has 2 rings (SSSR count). The fourth-order valence-electron chi connectivity index (χ4n) is 2.28. The summed E-state index contributed by atoms with van der Waals surface area (Å²) in [4.78, 5) is 15.9. The number of aromatic nitrogens is 1. The van der Waals surface area contributed by atoms with Gasteiger partial charge in [-0.1, -0.05) is 0 Å². The van der Waals surface area contributed by atoms with Gasteiger partial charge in [0.15, 0.2) is 0 Å². The molecule has 1 aliphatic rings. The smallest absolute Gasteiger partial charge is 0.259 e. The van der Waals surface area contributed by atoms with Gasteiger partial charge in [-0.2, -0.15) is 4.31 Å². The molecule has 1 aliphatic heterocycles. The number of halogens is 1. The van der Waals surface area contributed by atoms with Crippen LogP contribution in [0.2, 0.25) is 0 Å². The monoisotopic (exact) mass is 315 g/mol. The number of nitrogens with one attached hydrogen (secondary N) is 1. The van der Waals surface area contributed by atoms with E-state index in [0.717, 1.165) is 16.1 Å². The lowest BCUT2D eigenvalue weighted by Gasteiger charge is -2.34. The van der Waals surface area contributed by atoms with Crippen LogP contribution in [0.4, 0.5) is 4.39 Å². The van der Waals surface area contributed by atoms with Gasteiger partial charge in [0.05, 0.1) is 12.8 Å². The molecule has 0 radical (unpaired) electrons. The molecular weight excluding hydrogens is 297 g/mol. The highest BCUT2D eigenvalue weighted by Gasteiger charge is 2.44. The Hall–Kier alpha value is -1.54. The van der Waals surface area contributed by atoms with Gasteiger partial charge in [0.1, 0.15) is 0 Å². The second-order valence-electron chi connectivity index (χ2n) is 5.20. The minimum Gasteiger partial charge on any atom is -0.349 e. The number of pyridine rings is 1. The average molecular weight is 315 g/mol. The number of hydrogen-bond donors (Lipinski definition) is 1. The summed E-state index contributed by atoms with van der Waals surface area (Å²) >= 11 is 0. The molecule has 0 bridgehead atoms. The van der Waals surface area contributed by atoms with E-state index in [-0.39, 0.29) is 19.5 Å². The van der Waals surface area contributed by atoms with Crippen LogP contribution < -0.4 is 5.32 Å². The summed E-state index contributed by atoms with van der Waals surface area (Å²) < 4.78 is 38.7. The largest absolute Gasteiger partial charge is 0.349 e. The van der Waals surface area contributed by atoms with Gasteiger partial charge in [0.2, 0.25) is 15.7 Å². The van der Waals surface area contributed by atoms with Crippen molar-refractivity contribution in [3.63, 3.8) is 0 Å². The van der Waals surface area contributed by atoms with Gasteiger partial charge >= 0.3 is 0 Å². The van der Waals surface area contributed by atoms with Gasteiger partial charge in [0.25, 0.3) is 5.91 Å². The van der Waals surface area contributed by atoms with E-state index in [2.05, 4.69) is 10.3 Å². The van der Waals surface area contributed by atoms with E-state index < -0.39 is 28.1 Å². The standard InChI is InChI=1S/C13H18FN3O3S/c1-21(19,20)17-8-2-5-13(14,10-17)12(18)16-9-11-3-6-15-7-4-11/h3-4,6-7H,2,5,8-10H2,1H3,(H,16,18). The van der Waals surface area contributed by atoms with Crippen LogP contribution in [0.3, 0.4) is 0 Å². The minimum absolute atomic E-state index is 0.0290. The van der Waals surface area contributed by atoms with Crippen molar-refractivity contribution in [2.24, 2.45) is 0 Å². The molecular formula is C13H18FN3O3S.